The molecule has 0 bridgehead atoms. The van der Waals surface area contributed by atoms with Crippen LogP contribution in [0.3, 0.4) is 0 Å². The molecule has 4 rings (SSSR count). The first-order valence-electron chi connectivity index (χ1n) is 11.5. The number of amides is 1. The van der Waals surface area contributed by atoms with E-state index in [0.717, 1.165) is 63.3 Å². The zero-order valence-electron chi connectivity index (χ0n) is 17.8. The third-order valence-corrected chi connectivity index (χ3v) is 6.99. The normalized spacial score (nSPS) is 25.0. The molecule has 0 radical (unpaired) electrons. The summed E-state index contributed by atoms with van der Waals surface area (Å²) in [5, 5.41) is 3.36. The summed E-state index contributed by atoms with van der Waals surface area (Å²) in [6.07, 6.45) is 9.66. The van der Waals surface area contributed by atoms with E-state index in [1.807, 2.05) is 17.9 Å². The first kappa shape index (κ1) is 20.6. The Balaban J connectivity index is 1.45. The van der Waals surface area contributed by atoms with Crippen LogP contribution in [-0.2, 0) is 0 Å². The number of aryl methyl sites for hydroxylation is 1. The van der Waals surface area contributed by atoms with Crippen LogP contribution in [0.4, 0.5) is 0 Å². The number of carbonyl (C=O) groups is 1. The molecular weight excluding hydrogens is 366 g/mol. The van der Waals surface area contributed by atoms with Crippen molar-refractivity contribution in [1.82, 2.24) is 15.1 Å². The molecule has 160 valence electrons. The molecule has 1 aliphatic carbocycles. The quantitative estimate of drug-likeness (QED) is 0.844. The number of hydrogen-bond acceptors (Lipinski definition) is 5. The fourth-order valence-corrected chi connectivity index (χ4v) is 5.30. The highest BCUT2D eigenvalue weighted by atomic mass is 16.4. The highest BCUT2D eigenvalue weighted by Gasteiger charge is 2.29. The summed E-state index contributed by atoms with van der Waals surface area (Å²) in [6.45, 7) is 7.10. The fraction of sp³-hybridized carbons (Fsp3) is 0.739. The molecule has 1 N–H and O–H groups in total. The van der Waals surface area contributed by atoms with Gasteiger partial charge in [-0.2, -0.15) is 0 Å². The van der Waals surface area contributed by atoms with E-state index in [-0.39, 0.29) is 17.4 Å². The molecule has 2 saturated heterocycles. The monoisotopic (exact) mass is 401 g/mol. The van der Waals surface area contributed by atoms with Gasteiger partial charge in [0.1, 0.15) is 11.3 Å². The average molecular weight is 402 g/mol. The molecule has 1 aromatic rings. The molecule has 1 aromatic heterocycles. The van der Waals surface area contributed by atoms with Gasteiger partial charge in [0.25, 0.3) is 5.91 Å². The molecule has 1 atom stereocenters. The molecule has 3 aliphatic rings. The van der Waals surface area contributed by atoms with E-state index >= 15 is 0 Å². The minimum Gasteiger partial charge on any atom is -0.427 e. The highest BCUT2D eigenvalue weighted by molar-refractivity contribution is 5.95. The molecule has 6 heteroatoms. The fourth-order valence-electron chi connectivity index (χ4n) is 5.30. The van der Waals surface area contributed by atoms with E-state index in [2.05, 4.69) is 10.2 Å². The lowest BCUT2D eigenvalue weighted by atomic mass is 9.94. The van der Waals surface area contributed by atoms with Crippen molar-refractivity contribution < 1.29 is 9.21 Å². The molecule has 3 heterocycles. The topological polar surface area (TPSA) is 65.8 Å². The first-order valence-corrected chi connectivity index (χ1v) is 11.5. The largest absolute Gasteiger partial charge is 0.427 e. The summed E-state index contributed by atoms with van der Waals surface area (Å²) in [5.41, 5.74) is 0.507. The second kappa shape index (κ2) is 9.43. The van der Waals surface area contributed by atoms with E-state index in [0.29, 0.717) is 12.6 Å². The molecule has 1 saturated carbocycles. The molecule has 2 aliphatic heterocycles. The lowest BCUT2D eigenvalue weighted by molar-refractivity contribution is 0.0749. The van der Waals surface area contributed by atoms with Crippen molar-refractivity contribution in [2.75, 3.05) is 39.3 Å². The van der Waals surface area contributed by atoms with Crippen LogP contribution in [0.1, 0.15) is 79.0 Å². The summed E-state index contributed by atoms with van der Waals surface area (Å²) in [6, 6.07) is 2.59. The van der Waals surface area contributed by atoms with Crippen LogP contribution in [-0.4, -0.2) is 61.0 Å². The Morgan fingerprint density at radius 1 is 1.03 bits per heavy atom. The van der Waals surface area contributed by atoms with Crippen LogP contribution in [0.15, 0.2) is 15.3 Å². The van der Waals surface area contributed by atoms with Crippen molar-refractivity contribution in [3.05, 3.63) is 33.4 Å². The van der Waals surface area contributed by atoms with Gasteiger partial charge in [0.05, 0.1) is 0 Å². The number of rotatable bonds is 3. The predicted octanol–water partition coefficient (Wildman–Crippen LogP) is 2.90. The second-order valence-electron chi connectivity index (χ2n) is 9.01. The van der Waals surface area contributed by atoms with E-state index in [4.69, 9.17) is 4.42 Å². The van der Waals surface area contributed by atoms with Crippen LogP contribution in [0.2, 0.25) is 0 Å². The van der Waals surface area contributed by atoms with E-state index in [1.165, 1.54) is 32.1 Å². The molecule has 3 fully saturated rings. The second-order valence-corrected chi connectivity index (χ2v) is 9.01. The molecule has 1 amide bonds. The van der Waals surface area contributed by atoms with Crippen LogP contribution in [0.25, 0.3) is 0 Å². The standard InChI is InChI=1S/C23H35N3O3/c1-17-15-20(18-7-5-10-24-16-18)29-23(28)21(17)22(27)26-12-6-11-25(13-14-26)19-8-3-2-4-9-19/h15,18-19,24H,2-14,16H2,1H3. The van der Waals surface area contributed by atoms with Gasteiger partial charge in [-0.1, -0.05) is 19.3 Å². The Labute approximate surface area is 173 Å². The summed E-state index contributed by atoms with van der Waals surface area (Å²) >= 11 is 0. The Morgan fingerprint density at radius 2 is 1.86 bits per heavy atom. The number of nitrogens with one attached hydrogen (secondary N) is 1. The van der Waals surface area contributed by atoms with Gasteiger partial charge in [0.2, 0.25) is 0 Å². The van der Waals surface area contributed by atoms with Gasteiger partial charge in [-0.15, -0.1) is 0 Å². The van der Waals surface area contributed by atoms with Gasteiger partial charge in [-0.25, -0.2) is 4.79 Å². The molecule has 6 nitrogen and oxygen atoms in total. The third-order valence-electron chi connectivity index (χ3n) is 6.99. The highest BCUT2D eigenvalue weighted by Crippen LogP contribution is 2.25. The number of carbonyl (C=O) groups excluding carboxylic acids is 1. The zero-order chi connectivity index (χ0) is 20.2. The minimum absolute atomic E-state index is 0.157. The van der Waals surface area contributed by atoms with Crippen molar-refractivity contribution in [3.63, 3.8) is 0 Å². The van der Waals surface area contributed by atoms with Crippen molar-refractivity contribution in [2.24, 2.45) is 0 Å². The van der Waals surface area contributed by atoms with Gasteiger partial charge in [-0.05, 0) is 57.2 Å². The maximum absolute atomic E-state index is 13.2. The van der Waals surface area contributed by atoms with Crippen LogP contribution in [0, 0.1) is 6.92 Å². The Kier molecular flexibility index (Phi) is 6.70. The molecule has 0 spiro atoms. The van der Waals surface area contributed by atoms with Crippen molar-refractivity contribution in [1.29, 1.82) is 0 Å². The average Bonchev–Trinajstić information content (AvgIpc) is 3.01. The maximum atomic E-state index is 13.2. The lowest BCUT2D eigenvalue weighted by Gasteiger charge is -2.33. The smallest absolute Gasteiger partial charge is 0.349 e. The van der Waals surface area contributed by atoms with Crippen LogP contribution >= 0.6 is 0 Å². The summed E-state index contributed by atoms with van der Waals surface area (Å²) in [5.74, 6) is 0.784. The van der Waals surface area contributed by atoms with E-state index in [9.17, 15) is 9.59 Å². The Hall–Kier alpha value is -1.66. The van der Waals surface area contributed by atoms with Gasteiger partial charge < -0.3 is 14.6 Å². The maximum Gasteiger partial charge on any atom is 0.349 e. The van der Waals surface area contributed by atoms with Gasteiger partial charge >= 0.3 is 5.63 Å². The molecule has 1 unspecified atom stereocenters. The molecular formula is C23H35N3O3. The van der Waals surface area contributed by atoms with Crippen molar-refractivity contribution >= 4 is 5.91 Å². The van der Waals surface area contributed by atoms with E-state index in [1.54, 1.807) is 0 Å². The summed E-state index contributed by atoms with van der Waals surface area (Å²) in [7, 11) is 0. The van der Waals surface area contributed by atoms with Crippen molar-refractivity contribution in [3.8, 4) is 0 Å². The Morgan fingerprint density at radius 3 is 2.59 bits per heavy atom. The minimum atomic E-state index is -0.469. The van der Waals surface area contributed by atoms with E-state index < -0.39 is 5.63 Å². The molecule has 0 aromatic carbocycles. The summed E-state index contributed by atoms with van der Waals surface area (Å²) < 4.78 is 5.63. The number of hydrogen-bond donors (Lipinski definition) is 1. The van der Waals surface area contributed by atoms with Crippen LogP contribution < -0.4 is 10.9 Å². The van der Waals surface area contributed by atoms with Crippen molar-refractivity contribution in [2.45, 2.75) is 70.3 Å². The first-order chi connectivity index (χ1) is 14.1. The predicted molar refractivity (Wildman–Crippen MR) is 114 cm³/mol. The number of nitrogens with zero attached hydrogens (tertiary/aromatic N) is 2. The van der Waals surface area contributed by atoms with Gasteiger partial charge in [-0.3, -0.25) is 9.69 Å². The Bertz CT molecular complexity index is 763. The third kappa shape index (κ3) is 4.75. The van der Waals surface area contributed by atoms with Crippen LogP contribution in [0.5, 0.6) is 0 Å². The van der Waals surface area contributed by atoms with Gasteiger partial charge in [0.15, 0.2) is 0 Å². The zero-order valence-corrected chi connectivity index (χ0v) is 17.8. The van der Waals surface area contributed by atoms with Gasteiger partial charge in [0, 0.05) is 44.7 Å². The number of piperidine rings is 1. The summed E-state index contributed by atoms with van der Waals surface area (Å²) in [4.78, 5) is 30.4. The lowest BCUT2D eigenvalue weighted by Crippen LogP contribution is -2.41. The SMILES string of the molecule is Cc1cc(C2CCCNC2)oc(=O)c1C(=O)N1CCCN(C2CCCCC2)CC1. The molecule has 29 heavy (non-hydrogen) atoms.